The van der Waals surface area contributed by atoms with Crippen LogP contribution >= 0.6 is 7.82 Å². The molecule has 14 nitrogen and oxygen atoms in total. The summed E-state index contributed by atoms with van der Waals surface area (Å²) in [6, 6.07) is 40.7. The Labute approximate surface area is 345 Å². The highest BCUT2D eigenvalue weighted by molar-refractivity contribution is 7.47. The second kappa shape index (κ2) is 18.3. The van der Waals surface area contributed by atoms with Gasteiger partial charge in [-0.3, -0.25) is 23.8 Å². The van der Waals surface area contributed by atoms with E-state index < -0.39 is 55.2 Å². The van der Waals surface area contributed by atoms with Crippen LogP contribution < -0.4 is 25.2 Å². The van der Waals surface area contributed by atoms with E-state index in [0.29, 0.717) is 11.5 Å². The number of hydrogen-bond acceptors (Lipinski definition) is 11. The van der Waals surface area contributed by atoms with Gasteiger partial charge in [0, 0.05) is 12.3 Å². The van der Waals surface area contributed by atoms with Crippen molar-refractivity contribution in [3.8, 4) is 17.2 Å². The molecule has 1 fully saturated rings. The van der Waals surface area contributed by atoms with E-state index >= 15 is 0 Å². The normalized spacial score (nSPS) is 18.6. The number of esters is 1. The van der Waals surface area contributed by atoms with E-state index in [0.717, 1.165) is 32.9 Å². The van der Waals surface area contributed by atoms with E-state index in [1.807, 2.05) is 78.9 Å². The van der Waals surface area contributed by atoms with Crippen molar-refractivity contribution < 1.29 is 47.0 Å². The molecule has 310 valence electrons. The molecule has 2 N–H and O–H groups in total. The number of benzene rings is 5. The Balaban J connectivity index is 1.13. The summed E-state index contributed by atoms with van der Waals surface area (Å²) in [5.41, 5.74) is 0.898. The minimum absolute atomic E-state index is 0.00223. The first-order chi connectivity index (χ1) is 29.0. The lowest BCUT2D eigenvalue weighted by atomic mass is 9.80. The van der Waals surface area contributed by atoms with Gasteiger partial charge in [-0.25, -0.2) is 14.2 Å². The van der Waals surface area contributed by atoms with Crippen LogP contribution in [-0.4, -0.2) is 52.9 Å². The molecule has 2 heterocycles. The molecule has 0 aliphatic carbocycles. The number of phosphoric ester groups is 1. The first kappa shape index (κ1) is 41.9. The topological polar surface area (TPSA) is 174 Å². The van der Waals surface area contributed by atoms with Gasteiger partial charge in [0.15, 0.2) is 12.3 Å². The van der Waals surface area contributed by atoms with E-state index in [4.69, 9.17) is 32.7 Å². The molecular formula is C45H43N2O12P. The average Bonchev–Trinajstić information content (AvgIpc) is 3.60. The molecule has 6 aromatic rings. The molecule has 15 heteroatoms. The average molecular weight is 835 g/mol. The summed E-state index contributed by atoms with van der Waals surface area (Å²) in [4.78, 5) is 51.3. The minimum atomic E-state index is -4.96. The van der Waals surface area contributed by atoms with Gasteiger partial charge in [-0.05, 0) is 77.2 Å². The summed E-state index contributed by atoms with van der Waals surface area (Å²) in [7, 11) is -1.75. The van der Waals surface area contributed by atoms with Crippen LogP contribution in [-0.2, 0) is 35.5 Å². The molecule has 5 atom stereocenters. The fraction of sp³-hybridized carbons (Fsp3) is 0.222. The largest absolute Gasteiger partial charge is 0.527 e. The van der Waals surface area contributed by atoms with Crippen molar-refractivity contribution in [3.05, 3.63) is 194 Å². The van der Waals surface area contributed by atoms with Gasteiger partial charge in [0.05, 0.1) is 32.5 Å². The predicted octanol–water partition coefficient (Wildman–Crippen LogP) is 7.16. The molecule has 1 saturated heterocycles. The summed E-state index contributed by atoms with van der Waals surface area (Å²) < 4.78 is 55.8. The van der Waals surface area contributed by atoms with Crippen LogP contribution in [0, 0.1) is 0 Å². The molecule has 0 saturated carbocycles. The number of hydrogen-bond donors (Lipinski definition) is 2. The Morgan fingerprint density at radius 3 is 1.85 bits per heavy atom. The fourth-order valence-electron chi connectivity index (χ4n) is 7.13. The number of phosphoric acid groups is 1. The summed E-state index contributed by atoms with van der Waals surface area (Å²) in [6.45, 7) is 1.84. The Bertz CT molecular complexity index is 2480. The quantitative estimate of drug-likeness (QED) is 0.0573. The van der Waals surface area contributed by atoms with E-state index in [9.17, 15) is 23.8 Å². The number of H-pyrrole nitrogens is 1. The molecule has 1 aliphatic heterocycles. The molecule has 0 amide bonds. The van der Waals surface area contributed by atoms with Gasteiger partial charge in [0.2, 0.25) is 0 Å². The lowest BCUT2D eigenvalue weighted by molar-refractivity contribution is -0.0517. The standard InChI is InChI=1S/C45H43N2O12P/c1-4-38-40(41(57-43(49)31-11-7-5-8-12-31)42(56-38)47-28-27-39(48)46-44(47)50)59-60(51,52)58-37-21-15-30(16-22-37)29-55-45(32-13-9-6-10-14-32,33-17-23-35(53-2)24-18-33)34-19-25-36(54-3)26-20-34/h5-28,38,40-42H,4,29H2,1-3H3,(H,51,52)(H,46,48,50)/t38-,40?,41+,42-/m1/s1. The zero-order valence-corrected chi connectivity index (χ0v) is 33.8. The van der Waals surface area contributed by atoms with Crippen LogP contribution in [0.2, 0.25) is 0 Å². The lowest BCUT2D eigenvalue weighted by Crippen LogP contribution is -2.41. The van der Waals surface area contributed by atoms with Gasteiger partial charge < -0.3 is 28.2 Å². The molecular weight excluding hydrogens is 791 g/mol. The first-order valence-electron chi connectivity index (χ1n) is 19.0. The number of ether oxygens (including phenoxy) is 5. The smallest absolute Gasteiger partial charge is 0.497 e. The summed E-state index contributed by atoms with van der Waals surface area (Å²) in [5, 5.41) is 0. The highest BCUT2D eigenvalue weighted by atomic mass is 31.2. The van der Waals surface area contributed by atoms with Gasteiger partial charge in [-0.1, -0.05) is 91.9 Å². The zero-order chi connectivity index (χ0) is 42.3. The summed E-state index contributed by atoms with van der Waals surface area (Å²) in [5.74, 6) is 0.588. The molecule has 1 aliphatic rings. The maximum atomic E-state index is 13.7. The third-order valence-electron chi connectivity index (χ3n) is 10.1. The Morgan fingerprint density at radius 2 is 1.30 bits per heavy atom. The van der Waals surface area contributed by atoms with Gasteiger partial charge in [0.25, 0.3) is 5.56 Å². The molecule has 2 unspecified atom stereocenters. The fourth-order valence-corrected chi connectivity index (χ4v) is 8.12. The Morgan fingerprint density at radius 1 is 0.750 bits per heavy atom. The van der Waals surface area contributed by atoms with Crippen LogP contribution in [0.3, 0.4) is 0 Å². The number of carbonyl (C=O) groups is 1. The zero-order valence-electron chi connectivity index (χ0n) is 32.9. The summed E-state index contributed by atoms with van der Waals surface area (Å²) in [6.07, 6.45) is -3.65. The van der Waals surface area contributed by atoms with E-state index in [2.05, 4.69) is 4.98 Å². The van der Waals surface area contributed by atoms with E-state index in [1.54, 1.807) is 51.5 Å². The van der Waals surface area contributed by atoms with Crippen molar-refractivity contribution in [1.29, 1.82) is 0 Å². The Kier molecular flexibility index (Phi) is 12.8. The van der Waals surface area contributed by atoms with Crippen molar-refractivity contribution in [1.82, 2.24) is 9.55 Å². The Hall–Kier alpha value is -6.28. The molecule has 1 aromatic heterocycles. The lowest BCUT2D eigenvalue weighted by Gasteiger charge is -2.36. The number of nitrogens with zero attached hydrogens (tertiary/aromatic N) is 1. The number of carbonyl (C=O) groups excluding carboxylic acids is 1. The molecule has 0 radical (unpaired) electrons. The number of rotatable bonds is 16. The van der Waals surface area contributed by atoms with Gasteiger partial charge in [-0.2, -0.15) is 0 Å². The van der Waals surface area contributed by atoms with Crippen LogP contribution in [0.5, 0.6) is 17.2 Å². The second-order valence-corrected chi connectivity index (χ2v) is 15.1. The van der Waals surface area contributed by atoms with E-state index in [-0.39, 0.29) is 24.3 Å². The third kappa shape index (κ3) is 9.13. The highest BCUT2D eigenvalue weighted by Gasteiger charge is 2.52. The number of aromatic nitrogens is 2. The molecule has 7 rings (SSSR count). The predicted molar refractivity (Wildman–Crippen MR) is 220 cm³/mol. The van der Waals surface area contributed by atoms with Crippen molar-refractivity contribution in [2.75, 3.05) is 14.2 Å². The monoisotopic (exact) mass is 834 g/mol. The molecule has 0 bridgehead atoms. The number of nitrogens with one attached hydrogen (secondary N) is 1. The van der Waals surface area contributed by atoms with Crippen molar-refractivity contribution in [2.45, 2.75) is 50.1 Å². The second-order valence-electron chi connectivity index (χ2n) is 13.8. The highest BCUT2D eigenvalue weighted by Crippen LogP contribution is 2.50. The SMILES string of the molecule is CC[C@H]1O[C@@H](n2ccc(=O)[nH]c2=O)[C@@H](OC(=O)c2ccccc2)C1OP(=O)(O)Oc1ccc(COC(c2ccccc2)(c2ccc(OC)cc2)c2ccc(OC)cc2)cc1. The first-order valence-corrected chi connectivity index (χ1v) is 20.5. The molecule has 5 aromatic carbocycles. The van der Waals surface area contributed by atoms with Gasteiger partial charge in [0.1, 0.15) is 29.0 Å². The van der Waals surface area contributed by atoms with Crippen LogP contribution in [0.25, 0.3) is 0 Å². The third-order valence-corrected chi connectivity index (χ3v) is 11.0. The van der Waals surface area contributed by atoms with Crippen LogP contribution in [0.15, 0.2) is 155 Å². The van der Waals surface area contributed by atoms with E-state index in [1.165, 1.54) is 30.5 Å². The number of methoxy groups -OCH3 is 2. The van der Waals surface area contributed by atoms with Gasteiger partial charge in [-0.15, -0.1) is 0 Å². The van der Waals surface area contributed by atoms with Crippen molar-refractivity contribution in [2.24, 2.45) is 0 Å². The molecule has 0 spiro atoms. The van der Waals surface area contributed by atoms with Crippen LogP contribution in [0.1, 0.15) is 52.2 Å². The number of aromatic amines is 1. The van der Waals surface area contributed by atoms with Crippen LogP contribution in [0.4, 0.5) is 0 Å². The summed E-state index contributed by atoms with van der Waals surface area (Å²) >= 11 is 0. The molecule has 60 heavy (non-hydrogen) atoms. The van der Waals surface area contributed by atoms with Gasteiger partial charge >= 0.3 is 19.5 Å². The van der Waals surface area contributed by atoms with Crippen molar-refractivity contribution in [3.63, 3.8) is 0 Å². The maximum absolute atomic E-state index is 13.7. The minimum Gasteiger partial charge on any atom is -0.497 e. The van der Waals surface area contributed by atoms with Crippen molar-refractivity contribution >= 4 is 13.8 Å². The maximum Gasteiger partial charge on any atom is 0.527 e.